The summed E-state index contributed by atoms with van der Waals surface area (Å²) < 4.78 is 14.9. The van der Waals surface area contributed by atoms with Gasteiger partial charge >= 0.3 is 0 Å². The molecule has 2 heterocycles. The van der Waals surface area contributed by atoms with Crippen molar-refractivity contribution in [3.63, 3.8) is 0 Å². The molecule has 0 aliphatic carbocycles. The number of aryl methyl sites for hydroxylation is 3. The molecule has 1 N–H and O–H groups in total. The van der Waals surface area contributed by atoms with E-state index in [0.29, 0.717) is 33.7 Å². The molecule has 0 aliphatic rings. The van der Waals surface area contributed by atoms with Gasteiger partial charge in [0.1, 0.15) is 5.82 Å². The maximum absolute atomic E-state index is 13.3. The van der Waals surface area contributed by atoms with Gasteiger partial charge in [0.25, 0.3) is 5.91 Å². The number of amides is 1. The average molecular weight is 374 g/mol. The Balaban J connectivity index is 1.83. The number of nitrogens with one attached hydrogen (secondary N) is 1. The van der Waals surface area contributed by atoms with Crippen molar-refractivity contribution in [1.29, 1.82) is 0 Å². The van der Waals surface area contributed by atoms with Crippen LogP contribution in [0.15, 0.2) is 54.6 Å². The standard InChI is InChI=1S/C22H19FN4O/c1-13-5-4-6-17(11-13)25-22(28)19-12-14(2)24-21-20(19)15(3)26-27(21)18-9-7-16(23)8-10-18/h4-12H,1-3H3,(H,25,28). The molecule has 4 aromatic rings. The first kappa shape index (κ1) is 17.9. The number of anilines is 1. The van der Waals surface area contributed by atoms with Crippen molar-refractivity contribution >= 4 is 22.6 Å². The zero-order valence-electron chi connectivity index (χ0n) is 15.8. The van der Waals surface area contributed by atoms with Crippen LogP contribution in [0.3, 0.4) is 0 Å². The van der Waals surface area contributed by atoms with Crippen LogP contribution < -0.4 is 5.32 Å². The van der Waals surface area contributed by atoms with Gasteiger partial charge in [-0.05, 0) is 68.8 Å². The summed E-state index contributed by atoms with van der Waals surface area (Å²) in [4.78, 5) is 17.6. The monoisotopic (exact) mass is 374 g/mol. The van der Waals surface area contributed by atoms with Gasteiger partial charge in [0.2, 0.25) is 0 Å². The molecule has 0 saturated heterocycles. The molecule has 0 radical (unpaired) electrons. The second kappa shape index (κ2) is 6.88. The van der Waals surface area contributed by atoms with Gasteiger partial charge in [0, 0.05) is 11.4 Å². The smallest absolute Gasteiger partial charge is 0.256 e. The molecule has 2 aromatic carbocycles. The van der Waals surface area contributed by atoms with Gasteiger partial charge in [-0.1, -0.05) is 12.1 Å². The highest BCUT2D eigenvalue weighted by Gasteiger charge is 2.19. The zero-order valence-corrected chi connectivity index (χ0v) is 15.8. The molecule has 0 unspecified atom stereocenters. The van der Waals surface area contributed by atoms with Crippen LogP contribution in [-0.2, 0) is 0 Å². The quantitative estimate of drug-likeness (QED) is 0.564. The molecule has 28 heavy (non-hydrogen) atoms. The van der Waals surface area contributed by atoms with Gasteiger partial charge in [-0.25, -0.2) is 14.1 Å². The van der Waals surface area contributed by atoms with Gasteiger partial charge in [-0.3, -0.25) is 4.79 Å². The fourth-order valence-electron chi connectivity index (χ4n) is 3.28. The van der Waals surface area contributed by atoms with Crippen LogP contribution >= 0.6 is 0 Å². The summed E-state index contributed by atoms with van der Waals surface area (Å²) in [6.45, 7) is 5.64. The maximum atomic E-state index is 13.3. The molecule has 140 valence electrons. The van der Waals surface area contributed by atoms with E-state index in [1.165, 1.54) is 12.1 Å². The van der Waals surface area contributed by atoms with Gasteiger partial charge in [0.05, 0.1) is 22.3 Å². The van der Waals surface area contributed by atoms with Crippen LogP contribution in [0.25, 0.3) is 16.7 Å². The van der Waals surface area contributed by atoms with Crippen molar-refractivity contribution in [2.24, 2.45) is 0 Å². The Hall–Kier alpha value is -3.54. The summed E-state index contributed by atoms with van der Waals surface area (Å²) in [7, 11) is 0. The molecular formula is C22H19FN4O. The van der Waals surface area contributed by atoms with Crippen molar-refractivity contribution in [3.8, 4) is 5.69 Å². The van der Waals surface area contributed by atoms with E-state index in [-0.39, 0.29) is 11.7 Å². The number of carbonyl (C=O) groups is 1. The lowest BCUT2D eigenvalue weighted by Gasteiger charge is -2.09. The first-order valence-electron chi connectivity index (χ1n) is 8.93. The summed E-state index contributed by atoms with van der Waals surface area (Å²) in [5, 5.41) is 8.18. The molecule has 0 spiro atoms. The van der Waals surface area contributed by atoms with E-state index in [2.05, 4.69) is 15.4 Å². The van der Waals surface area contributed by atoms with Crippen LogP contribution in [0.4, 0.5) is 10.1 Å². The first-order chi connectivity index (χ1) is 13.4. The number of rotatable bonds is 3. The van der Waals surface area contributed by atoms with Crippen molar-refractivity contribution in [2.75, 3.05) is 5.32 Å². The maximum Gasteiger partial charge on any atom is 0.256 e. The summed E-state index contributed by atoms with van der Waals surface area (Å²) >= 11 is 0. The predicted molar refractivity (Wildman–Crippen MR) is 107 cm³/mol. The number of hydrogen-bond donors (Lipinski definition) is 1. The van der Waals surface area contributed by atoms with Gasteiger partial charge in [-0.15, -0.1) is 0 Å². The Labute approximate surface area is 161 Å². The topological polar surface area (TPSA) is 59.8 Å². The number of fused-ring (bicyclic) bond motifs is 1. The number of benzene rings is 2. The third-order valence-electron chi connectivity index (χ3n) is 4.53. The van der Waals surface area contributed by atoms with Gasteiger partial charge in [0.15, 0.2) is 5.65 Å². The van der Waals surface area contributed by atoms with Crippen molar-refractivity contribution < 1.29 is 9.18 Å². The third-order valence-corrected chi connectivity index (χ3v) is 4.53. The van der Waals surface area contributed by atoms with E-state index in [1.54, 1.807) is 22.9 Å². The Morgan fingerprint density at radius 3 is 2.50 bits per heavy atom. The van der Waals surface area contributed by atoms with Crippen LogP contribution in [0, 0.1) is 26.6 Å². The number of nitrogens with zero attached hydrogens (tertiary/aromatic N) is 3. The second-order valence-corrected chi connectivity index (χ2v) is 6.81. The predicted octanol–water partition coefficient (Wildman–Crippen LogP) is 4.74. The van der Waals surface area contributed by atoms with Crippen LogP contribution in [-0.4, -0.2) is 20.7 Å². The molecular weight excluding hydrogens is 355 g/mol. The first-order valence-corrected chi connectivity index (χ1v) is 8.93. The molecule has 2 aromatic heterocycles. The number of aromatic nitrogens is 3. The van der Waals surface area contributed by atoms with E-state index < -0.39 is 0 Å². The highest BCUT2D eigenvalue weighted by molar-refractivity contribution is 6.12. The van der Waals surface area contributed by atoms with E-state index in [9.17, 15) is 9.18 Å². The molecule has 5 nitrogen and oxygen atoms in total. The van der Waals surface area contributed by atoms with Crippen LogP contribution in [0.5, 0.6) is 0 Å². The number of halogens is 1. The molecule has 4 rings (SSSR count). The average Bonchev–Trinajstić information content (AvgIpc) is 2.98. The summed E-state index contributed by atoms with van der Waals surface area (Å²) in [5.74, 6) is -0.540. The van der Waals surface area contributed by atoms with Crippen LogP contribution in [0.1, 0.15) is 27.3 Å². The fourth-order valence-corrected chi connectivity index (χ4v) is 3.28. The largest absolute Gasteiger partial charge is 0.322 e. The molecule has 6 heteroatoms. The Bertz CT molecular complexity index is 1200. The Morgan fingerprint density at radius 2 is 1.79 bits per heavy atom. The van der Waals surface area contributed by atoms with Gasteiger partial charge in [-0.2, -0.15) is 5.10 Å². The van der Waals surface area contributed by atoms with Crippen molar-refractivity contribution in [3.05, 3.63) is 82.9 Å². The molecule has 0 fully saturated rings. The minimum atomic E-state index is -0.320. The second-order valence-electron chi connectivity index (χ2n) is 6.81. The normalized spacial score (nSPS) is 11.0. The minimum absolute atomic E-state index is 0.220. The van der Waals surface area contributed by atoms with Crippen molar-refractivity contribution in [2.45, 2.75) is 20.8 Å². The molecule has 0 saturated carbocycles. The molecule has 0 bridgehead atoms. The van der Waals surface area contributed by atoms with E-state index >= 15 is 0 Å². The minimum Gasteiger partial charge on any atom is -0.322 e. The number of hydrogen-bond acceptors (Lipinski definition) is 3. The lowest BCUT2D eigenvalue weighted by Crippen LogP contribution is -2.13. The van der Waals surface area contributed by atoms with E-state index in [4.69, 9.17) is 0 Å². The summed E-state index contributed by atoms with van der Waals surface area (Å²) in [5.41, 5.74) is 4.94. The Kier molecular flexibility index (Phi) is 4.39. The summed E-state index contributed by atoms with van der Waals surface area (Å²) in [6.07, 6.45) is 0. The lowest BCUT2D eigenvalue weighted by molar-refractivity contribution is 0.102. The highest BCUT2D eigenvalue weighted by atomic mass is 19.1. The SMILES string of the molecule is Cc1cccc(NC(=O)c2cc(C)nc3c2c(C)nn3-c2ccc(F)cc2)c1. The number of carbonyl (C=O) groups excluding carboxylic acids is 1. The van der Waals surface area contributed by atoms with E-state index in [0.717, 1.165) is 11.3 Å². The fraction of sp³-hybridized carbons (Fsp3) is 0.136. The Morgan fingerprint density at radius 1 is 1.04 bits per heavy atom. The lowest BCUT2D eigenvalue weighted by atomic mass is 10.1. The van der Waals surface area contributed by atoms with Crippen LogP contribution in [0.2, 0.25) is 0 Å². The summed E-state index contributed by atoms with van der Waals surface area (Å²) in [6, 6.07) is 15.4. The molecule has 1 amide bonds. The number of pyridine rings is 1. The van der Waals surface area contributed by atoms with E-state index in [1.807, 2.05) is 45.0 Å². The molecule has 0 atom stereocenters. The van der Waals surface area contributed by atoms with Crippen molar-refractivity contribution in [1.82, 2.24) is 14.8 Å². The zero-order chi connectivity index (χ0) is 19.8. The highest BCUT2D eigenvalue weighted by Crippen LogP contribution is 2.26. The van der Waals surface area contributed by atoms with Gasteiger partial charge < -0.3 is 5.32 Å². The third kappa shape index (κ3) is 3.24. The molecule has 0 aliphatic heterocycles.